The lowest BCUT2D eigenvalue weighted by molar-refractivity contribution is 0.0940. The number of amides is 1. The van der Waals surface area contributed by atoms with Crippen LogP contribution in [0.25, 0.3) is 0 Å². The van der Waals surface area contributed by atoms with Crippen LogP contribution in [0.15, 0.2) is 45.5 Å². The van der Waals surface area contributed by atoms with Gasteiger partial charge in [-0.25, -0.2) is 4.98 Å². The van der Waals surface area contributed by atoms with E-state index in [2.05, 4.69) is 47.5 Å². The molecule has 0 saturated carbocycles. The van der Waals surface area contributed by atoms with E-state index in [0.29, 0.717) is 11.4 Å². The molecule has 110 valence electrons. The summed E-state index contributed by atoms with van der Waals surface area (Å²) in [7, 11) is 1.74. The van der Waals surface area contributed by atoms with E-state index in [4.69, 9.17) is 0 Å². The third-order valence-electron chi connectivity index (χ3n) is 3.03. The maximum Gasteiger partial charge on any atom is 0.255 e. The Morgan fingerprint density at radius 1 is 1.24 bits per heavy atom. The van der Waals surface area contributed by atoms with E-state index in [0.717, 1.165) is 14.5 Å². The highest BCUT2D eigenvalue weighted by Gasteiger charge is 2.16. The molecular weight excluding hydrogens is 398 g/mol. The van der Waals surface area contributed by atoms with E-state index >= 15 is 0 Å². The number of carbonyl (C=O) groups is 1. The van der Waals surface area contributed by atoms with Gasteiger partial charge in [-0.15, -0.1) is 0 Å². The molecule has 2 aromatic rings. The average Bonchev–Trinajstić information content (AvgIpc) is 2.47. The number of pyridine rings is 1. The third kappa shape index (κ3) is 4.04. The molecule has 0 spiro atoms. The normalized spacial score (nSPS) is 11.8. The number of benzene rings is 1. The van der Waals surface area contributed by atoms with Crippen molar-refractivity contribution in [3.8, 4) is 0 Å². The molecule has 1 aromatic heterocycles. The number of hydrogen-bond acceptors (Lipinski definition) is 3. The van der Waals surface area contributed by atoms with Gasteiger partial charge in [-0.3, -0.25) is 4.79 Å². The van der Waals surface area contributed by atoms with Gasteiger partial charge in [0.05, 0.1) is 11.6 Å². The van der Waals surface area contributed by atoms with E-state index in [1.165, 1.54) is 0 Å². The first-order valence-corrected chi connectivity index (χ1v) is 7.99. The van der Waals surface area contributed by atoms with Crippen molar-refractivity contribution in [2.75, 3.05) is 12.4 Å². The molecule has 0 aliphatic rings. The molecule has 2 N–H and O–H groups in total. The maximum absolute atomic E-state index is 12.4. The third-order valence-corrected chi connectivity index (χ3v) is 3.96. The smallest absolute Gasteiger partial charge is 0.255 e. The van der Waals surface area contributed by atoms with Crippen molar-refractivity contribution >= 4 is 43.6 Å². The summed E-state index contributed by atoms with van der Waals surface area (Å²) in [6.07, 6.45) is 1.65. The molecule has 21 heavy (non-hydrogen) atoms. The first kappa shape index (κ1) is 16.0. The Bertz CT molecular complexity index is 661. The summed E-state index contributed by atoms with van der Waals surface area (Å²) in [5.41, 5.74) is 1.54. The molecule has 1 atom stereocenters. The quantitative estimate of drug-likeness (QED) is 0.793. The van der Waals surface area contributed by atoms with Gasteiger partial charge in [0.2, 0.25) is 0 Å². The van der Waals surface area contributed by atoms with Crippen LogP contribution in [-0.2, 0) is 0 Å². The van der Waals surface area contributed by atoms with Crippen LogP contribution in [0.4, 0.5) is 5.82 Å². The van der Waals surface area contributed by atoms with Crippen molar-refractivity contribution in [3.63, 3.8) is 0 Å². The van der Waals surface area contributed by atoms with Crippen molar-refractivity contribution in [2.45, 2.75) is 13.0 Å². The van der Waals surface area contributed by atoms with E-state index < -0.39 is 0 Å². The monoisotopic (exact) mass is 411 g/mol. The molecule has 4 nitrogen and oxygen atoms in total. The minimum atomic E-state index is -0.166. The molecule has 0 aliphatic carbocycles. The van der Waals surface area contributed by atoms with Crippen molar-refractivity contribution in [1.82, 2.24) is 10.3 Å². The van der Waals surface area contributed by atoms with E-state index in [-0.39, 0.29) is 11.9 Å². The molecule has 0 saturated heterocycles. The van der Waals surface area contributed by atoms with Crippen molar-refractivity contribution in [2.24, 2.45) is 0 Å². The average molecular weight is 413 g/mol. The van der Waals surface area contributed by atoms with Crippen LogP contribution in [0.3, 0.4) is 0 Å². The van der Waals surface area contributed by atoms with Gasteiger partial charge in [-0.05, 0) is 46.6 Å². The standard InChI is InChI=1S/C15H15Br2N3O/c1-9(10-4-3-5-11(16)6-10)20-15(21)13-7-12(17)8-19-14(13)18-2/h3-9H,1-2H3,(H,18,19)(H,20,21). The summed E-state index contributed by atoms with van der Waals surface area (Å²) in [5.74, 6) is 0.387. The Balaban J connectivity index is 2.20. The Kier molecular flexibility index (Phi) is 5.36. The van der Waals surface area contributed by atoms with Crippen LogP contribution in [0.1, 0.15) is 28.9 Å². The maximum atomic E-state index is 12.4. The Morgan fingerprint density at radius 2 is 2.00 bits per heavy atom. The largest absolute Gasteiger partial charge is 0.372 e. The lowest BCUT2D eigenvalue weighted by Gasteiger charge is -2.16. The van der Waals surface area contributed by atoms with Crippen LogP contribution < -0.4 is 10.6 Å². The fourth-order valence-electron chi connectivity index (χ4n) is 1.95. The van der Waals surface area contributed by atoms with Gasteiger partial charge in [0.25, 0.3) is 5.91 Å². The van der Waals surface area contributed by atoms with E-state index in [1.54, 1.807) is 19.3 Å². The van der Waals surface area contributed by atoms with Gasteiger partial charge in [0, 0.05) is 22.2 Å². The second-order valence-electron chi connectivity index (χ2n) is 4.55. The fraction of sp³-hybridized carbons (Fsp3) is 0.200. The van der Waals surface area contributed by atoms with Crippen molar-refractivity contribution in [1.29, 1.82) is 0 Å². The molecule has 0 radical (unpaired) electrons. The van der Waals surface area contributed by atoms with Crippen LogP contribution in [-0.4, -0.2) is 17.9 Å². The zero-order chi connectivity index (χ0) is 15.4. The minimum absolute atomic E-state index is 0.0984. The summed E-state index contributed by atoms with van der Waals surface area (Å²) in [6.45, 7) is 1.95. The number of halogens is 2. The summed E-state index contributed by atoms with van der Waals surface area (Å²) in [5, 5.41) is 5.91. The van der Waals surface area contributed by atoms with Gasteiger partial charge in [-0.1, -0.05) is 28.1 Å². The molecule has 1 aromatic carbocycles. The summed E-state index contributed by atoms with van der Waals surface area (Å²) in [4.78, 5) is 16.6. The molecule has 2 rings (SSSR count). The van der Waals surface area contributed by atoms with Crippen LogP contribution in [0.2, 0.25) is 0 Å². The summed E-state index contributed by atoms with van der Waals surface area (Å²) in [6, 6.07) is 9.52. The molecule has 6 heteroatoms. The second-order valence-corrected chi connectivity index (χ2v) is 6.38. The molecule has 1 unspecified atom stereocenters. The first-order valence-electron chi connectivity index (χ1n) is 6.41. The van der Waals surface area contributed by atoms with Crippen molar-refractivity contribution in [3.05, 3.63) is 56.6 Å². The minimum Gasteiger partial charge on any atom is -0.372 e. The van der Waals surface area contributed by atoms with Crippen LogP contribution in [0.5, 0.6) is 0 Å². The number of anilines is 1. The summed E-state index contributed by atoms with van der Waals surface area (Å²) < 4.78 is 1.75. The van der Waals surface area contributed by atoms with Gasteiger partial charge < -0.3 is 10.6 Å². The molecule has 0 aliphatic heterocycles. The van der Waals surface area contributed by atoms with Gasteiger partial charge in [-0.2, -0.15) is 0 Å². The van der Waals surface area contributed by atoms with E-state index in [1.807, 2.05) is 31.2 Å². The Morgan fingerprint density at radius 3 is 2.67 bits per heavy atom. The fourth-order valence-corrected chi connectivity index (χ4v) is 2.69. The number of hydrogen-bond donors (Lipinski definition) is 2. The van der Waals surface area contributed by atoms with Gasteiger partial charge >= 0.3 is 0 Å². The topological polar surface area (TPSA) is 54.0 Å². The van der Waals surface area contributed by atoms with Crippen LogP contribution >= 0.6 is 31.9 Å². The summed E-state index contributed by atoms with van der Waals surface area (Å²) >= 11 is 6.77. The van der Waals surface area contributed by atoms with Gasteiger partial charge in [0.1, 0.15) is 5.82 Å². The molecule has 0 bridgehead atoms. The number of nitrogens with zero attached hydrogens (tertiary/aromatic N) is 1. The highest BCUT2D eigenvalue weighted by Crippen LogP contribution is 2.21. The number of nitrogens with one attached hydrogen (secondary N) is 2. The molecule has 1 heterocycles. The Labute approximate surface area is 140 Å². The zero-order valence-electron chi connectivity index (χ0n) is 11.7. The van der Waals surface area contributed by atoms with Crippen LogP contribution in [0, 0.1) is 0 Å². The molecular formula is C15H15Br2N3O. The first-order chi connectivity index (χ1) is 10.0. The molecule has 0 fully saturated rings. The number of rotatable bonds is 4. The number of carbonyl (C=O) groups excluding carboxylic acids is 1. The Hall–Kier alpha value is -1.40. The van der Waals surface area contributed by atoms with E-state index in [9.17, 15) is 4.79 Å². The van der Waals surface area contributed by atoms with Crippen molar-refractivity contribution < 1.29 is 4.79 Å². The second kappa shape index (κ2) is 7.04. The predicted octanol–water partition coefficient (Wildman–Crippen LogP) is 4.14. The van der Waals surface area contributed by atoms with Gasteiger partial charge in [0.15, 0.2) is 0 Å². The lowest BCUT2D eigenvalue weighted by atomic mass is 10.1. The highest BCUT2D eigenvalue weighted by atomic mass is 79.9. The molecule has 1 amide bonds. The lowest BCUT2D eigenvalue weighted by Crippen LogP contribution is -2.27. The zero-order valence-corrected chi connectivity index (χ0v) is 14.8. The highest BCUT2D eigenvalue weighted by molar-refractivity contribution is 9.10. The predicted molar refractivity (Wildman–Crippen MR) is 91.5 cm³/mol. The number of aromatic nitrogens is 1. The SMILES string of the molecule is CNc1ncc(Br)cc1C(=O)NC(C)c1cccc(Br)c1.